The van der Waals surface area contributed by atoms with Crippen molar-refractivity contribution in [3.63, 3.8) is 0 Å². The number of nitrogens with zero attached hydrogens (tertiary/aromatic N) is 1. The van der Waals surface area contributed by atoms with Gasteiger partial charge in [0.15, 0.2) is 6.10 Å². The Hall–Kier alpha value is -3.59. The molecule has 0 amide bonds. The second kappa shape index (κ2) is 69.7. The number of hydrogen-bond acceptors (Lipinski definition) is 8. The van der Waals surface area contributed by atoms with Crippen molar-refractivity contribution in [2.24, 2.45) is 0 Å². The SMILES string of the molecule is CC/C=C\C/C=C\C/C=C\C/C=C\C/C=C\C/C=C\C/C=C\C/C=C\CCCCCCCCCCCCCCCCCCC(=O)OC(COC(=O)CCCCCCCCCCCCCCC/C=C\C/C=C\CCCCCCC)COP(=O)([O-])OCC[N+](C)(C)C. The summed E-state index contributed by atoms with van der Waals surface area (Å²) in [5, 5.41) is 0. The van der Waals surface area contributed by atoms with E-state index in [1.807, 2.05) is 21.1 Å². The van der Waals surface area contributed by atoms with Gasteiger partial charge in [0.2, 0.25) is 0 Å². The van der Waals surface area contributed by atoms with Crippen LogP contribution in [0.4, 0.5) is 0 Å². The number of unbranched alkanes of at least 4 members (excludes halogenated alkanes) is 34. The largest absolute Gasteiger partial charge is 0.756 e. The van der Waals surface area contributed by atoms with Crippen LogP contribution in [0.3, 0.4) is 0 Å². The van der Waals surface area contributed by atoms with Gasteiger partial charge in [-0.05, 0) is 109 Å². The maximum atomic E-state index is 12.9. The highest BCUT2D eigenvalue weighted by Crippen LogP contribution is 2.38. The van der Waals surface area contributed by atoms with Gasteiger partial charge in [-0.1, -0.05) is 322 Å². The van der Waals surface area contributed by atoms with E-state index in [1.54, 1.807) is 0 Å². The number of carbonyl (C=O) groups is 2. The van der Waals surface area contributed by atoms with Gasteiger partial charge in [0.1, 0.15) is 19.8 Å². The Kier molecular flexibility index (Phi) is 67.0. The monoisotopic (exact) mass is 1270 g/mol. The minimum Gasteiger partial charge on any atom is -0.756 e. The highest BCUT2D eigenvalue weighted by molar-refractivity contribution is 7.45. The van der Waals surface area contributed by atoms with E-state index in [0.29, 0.717) is 17.4 Å². The van der Waals surface area contributed by atoms with Gasteiger partial charge in [-0.3, -0.25) is 14.2 Å². The van der Waals surface area contributed by atoms with Crippen LogP contribution in [0.5, 0.6) is 0 Å². The van der Waals surface area contributed by atoms with E-state index in [-0.39, 0.29) is 32.0 Å². The van der Waals surface area contributed by atoms with E-state index in [9.17, 15) is 19.0 Å². The van der Waals surface area contributed by atoms with Crippen LogP contribution in [-0.2, 0) is 32.7 Å². The van der Waals surface area contributed by atoms with Gasteiger partial charge in [0.25, 0.3) is 7.82 Å². The minimum absolute atomic E-state index is 0.0336. The van der Waals surface area contributed by atoms with Gasteiger partial charge in [-0.15, -0.1) is 0 Å². The summed E-state index contributed by atoms with van der Waals surface area (Å²) in [4.78, 5) is 38.1. The maximum absolute atomic E-state index is 12.9. The molecule has 2 unspecified atom stereocenters. The second-order valence-electron chi connectivity index (χ2n) is 25.9. The van der Waals surface area contributed by atoms with Crippen LogP contribution >= 0.6 is 7.82 Å². The average molecular weight is 1270 g/mol. The van der Waals surface area contributed by atoms with Gasteiger partial charge in [-0.2, -0.15) is 0 Å². The average Bonchev–Trinajstić information content (AvgIpc) is 3.62. The maximum Gasteiger partial charge on any atom is 0.306 e. The Morgan fingerprint density at radius 1 is 0.356 bits per heavy atom. The molecule has 0 rings (SSSR count). The molecule has 0 aliphatic carbocycles. The Morgan fingerprint density at radius 2 is 0.633 bits per heavy atom. The summed E-state index contributed by atoms with van der Waals surface area (Å²) in [7, 11) is 1.17. The summed E-state index contributed by atoms with van der Waals surface area (Å²) in [6, 6.07) is 0. The standard InChI is InChI=1S/C80H140NO8P/c1-6-8-10-12-14-16-18-20-22-24-26-28-30-32-33-34-35-36-37-38-39-40-41-42-43-44-45-46-47-49-51-53-55-57-59-61-63-65-67-69-71-73-80(83)89-78(77-88-90(84,85)87-75-74-81(3,4)5)76-86-79(82)72-70-68-66-64-62-60-58-56-54-52-50-48-31-29-27-25-23-21-19-17-15-13-11-9-7-2/h8,10,14,16,19-22,25-28,32-33,35-36,38-39,41-42,78H,6-7,9,11-13,15,17-18,23-24,29-31,34,37,40,43-77H2,1-5H3/b10-8-,16-14-,21-19-,22-20-,27-25-,28-26-,33-32-,36-35-,39-38-,42-41-. The first-order valence-electron chi connectivity index (χ1n) is 37.2. The van der Waals surface area contributed by atoms with Crippen molar-refractivity contribution in [3.8, 4) is 0 Å². The van der Waals surface area contributed by atoms with E-state index < -0.39 is 26.5 Å². The Bertz CT molecular complexity index is 1940. The molecule has 0 spiro atoms. The van der Waals surface area contributed by atoms with Crippen molar-refractivity contribution in [1.29, 1.82) is 0 Å². The number of ether oxygens (including phenoxy) is 2. The van der Waals surface area contributed by atoms with Gasteiger partial charge in [0.05, 0.1) is 27.7 Å². The summed E-state index contributed by atoms with van der Waals surface area (Å²) in [5.74, 6) is -0.827. The van der Waals surface area contributed by atoms with Gasteiger partial charge in [0, 0.05) is 12.8 Å². The molecule has 0 aromatic heterocycles. The fourth-order valence-electron chi connectivity index (χ4n) is 10.3. The topological polar surface area (TPSA) is 111 Å². The fraction of sp³-hybridized carbons (Fsp3) is 0.725. The first kappa shape index (κ1) is 86.4. The number of rotatable bonds is 68. The molecule has 0 fully saturated rings. The smallest absolute Gasteiger partial charge is 0.306 e. The van der Waals surface area contributed by atoms with E-state index in [4.69, 9.17) is 18.5 Å². The lowest BCUT2D eigenvalue weighted by Gasteiger charge is -2.28. The van der Waals surface area contributed by atoms with Crippen LogP contribution in [0.2, 0.25) is 0 Å². The van der Waals surface area contributed by atoms with Crippen LogP contribution in [0.25, 0.3) is 0 Å². The molecule has 90 heavy (non-hydrogen) atoms. The molecule has 10 heteroatoms. The first-order chi connectivity index (χ1) is 44.0. The number of quaternary nitrogens is 1. The lowest BCUT2D eigenvalue weighted by Crippen LogP contribution is -2.37. The van der Waals surface area contributed by atoms with Crippen molar-refractivity contribution in [2.45, 2.75) is 328 Å². The third-order valence-corrected chi connectivity index (χ3v) is 16.9. The van der Waals surface area contributed by atoms with Gasteiger partial charge < -0.3 is 27.9 Å². The number of hydrogen-bond donors (Lipinski definition) is 0. The molecule has 0 bridgehead atoms. The van der Waals surface area contributed by atoms with Crippen LogP contribution in [0, 0.1) is 0 Å². The second-order valence-corrected chi connectivity index (χ2v) is 27.3. The Morgan fingerprint density at radius 3 is 0.944 bits per heavy atom. The third-order valence-electron chi connectivity index (χ3n) is 16.0. The number of phosphoric ester groups is 1. The Balaban J connectivity index is 4.00. The third kappa shape index (κ3) is 73.5. The van der Waals surface area contributed by atoms with Crippen molar-refractivity contribution in [1.82, 2.24) is 0 Å². The van der Waals surface area contributed by atoms with Crippen LogP contribution in [0.15, 0.2) is 122 Å². The van der Waals surface area contributed by atoms with Crippen molar-refractivity contribution in [2.75, 3.05) is 47.5 Å². The van der Waals surface area contributed by atoms with Crippen LogP contribution < -0.4 is 4.89 Å². The van der Waals surface area contributed by atoms with Crippen molar-refractivity contribution >= 4 is 19.8 Å². The number of likely N-dealkylation sites (N-methyl/N-ethyl adjacent to an activating group) is 1. The highest BCUT2D eigenvalue weighted by Gasteiger charge is 2.22. The molecule has 0 saturated heterocycles. The van der Waals surface area contributed by atoms with E-state index >= 15 is 0 Å². The summed E-state index contributed by atoms with van der Waals surface area (Å²) in [6.07, 6.45) is 100. The zero-order chi connectivity index (χ0) is 65.5. The summed E-state index contributed by atoms with van der Waals surface area (Å²) < 4.78 is 34.4. The normalized spacial score (nSPS) is 13.8. The predicted octanol–water partition coefficient (Wildman–Crippen LogP) is 24.0. The predicted molar refractivity (Wildman–Crippen MR) is 388 cm³/mol. The molecular formula is C80H140NO8P. The van der Waals surface area contributed by atoms with Crippen molar-refractivity contribution < 1.29 is 42.1 Å². The van der Waals surface area contributed by atoms with E-state index in [1.165, 1.54) is 193 Å². The van der Waals surface area contributed by atoms with E-state index in [0.717, 1.165) is 96.3 Å². The molecule has 2 atom stereocenters. The summed E-state index contributed by atoms with van der Waals surface area (Å²) >= 11 is 0. The number of esters is 2. The van der Waals surface area contributed by atoms with Crippen LogP contribution in [0.1, 0.15) is 322 Å². The number of phosphoric acid groups is 1. The molecule has 0 N–H and O–H groups in total. The molecule has 9 nitrogen and oxygen atoms in total. The zero-order valence-electron chi connectivity index (χ0n) is 59.1. The summed E-state index contributed by atoms with van der Waals surface area (Å²) in [6.45, 7) is 4.14. The van der Waals surface area contributed by atoms with Crippen molar-refractivity contribution in [3.05, 3.63) is 122 Å². The van der Waals surface area contributed by atoms with Gasteiger partial charge >= 0.3 is 11.9 Å². The van der Waals surface area contributed by atoms with Gasteiger partial charge in [-0.25, -0.2) is 0 Å². The lowest BCUT2D eigenvalue weighted by atomic mass is 10.0. The number of allylic oxidation sites excluding steroid dienone is 20. The molecule has 0 aliphatic rings. The zero-order valence-corrected chi connectivity index (χ0v) is 59.9. The minimum atomic E-state index is -4.65. The first-order valence-corrected chi connectivity index (χ1v) is 38.7. The molecule has 0 radical (unpaired) electrons. The van der Waals surface area contributed by atoms with E-state index in [2.05, 4.69) is 135 Å². The molecular weight excluding hydrogens is 1130 g/mol. The lowest BCUT2D eigenvalue weighted by molar-refractivity contribution is -0.870. The van der Waals surface area contributed by atoms with Crippen LogP contribution in [-0.4, -0.2) is 70.0 Å². The number of carbonyl (C=O) groups excluding carboxylic acids is 2. The molecule has 0 aromatic rings. The summed E-state index contributed by atoms with van der Waals surface area (Å²) in [5.41, 5.74) is 0. The molecule has 0 aliphatic heterocycles. The molecule has 0 saturated carbocycles. The quantitative estimate of drug-likeness (QED) is 0.0195. The molecule has 0 aromatic carbocycles. The Labute approximate surface area is 556 Å². The molecule has 518 valence electrons. The molecule has 0 heterocycles. The fourth-order valence-corrected chi connectivity index (χ4v) is 11.0. The highest BCUT2D eigenvalue weighted by atomic mass is 31.2.